The number of anilines is 5. The third kappa shape index (κ3) is 7.50. The van der Waals surface area contributed by atoms with E-state index >= 15 is 0 Å². The fourth-order valence-corrected chi connectivity index (χ4v) is 7.34. The average Bonchev–Trinajstić information content (AvgIpc) is 3.29. The van der Waals surface area contributed by atoms with Gasteiger partial charge in [-0.25, -0.2) is 0 Å². The van der Waals surface area contributed by atoms with Crippen molar-refractivity contribution in [2.45, 2.75) is 0 Å². The van der Waals surface area contributed by atoms with Crippen LogP contribution in [0.4, 0.5) is 28.4 Å². The zero-order chi connectivity index (χ0) is 37.5. The van der Waals surface area contributed by atoms with Gasteiger partial charge in [0.05, 0.1) is 0 Å². The van der Waals surface area contributed by atoms with Crippen LogP contribution in [0, 0.1) is 0 Å². The van der Waals surface area contributed by atoms with Crippen LogP contribution in [0.5, 0.6) is 0 Å². The standard InChI is InChI=1S/C54H40N2/c1-5-13-40(14-6-1)43-21-30-49(31-22-43)55-54-38-29-48(39-53(54)47-19-11-4-12-20-47)46-27-36-52(37-28-46)56(50-32-23-44(24-33-50)41-15-7-2-8-16-41)51-34-25-45(26-35-51)42-17-9-3-10-18-42/h1-39,55H. The summed E-state index contributed by atoms with van der Waals surface area (Å²) in [6.45, 7) is 0. The van der Waals surface area contributed by atoms with Crippen molar-refractivity contribution < 1.29 is 0 Å². The molecule has 0 spiro atoms. The topological polar surface area (TPSA) is 15.3 Å². The van der Waals surface area contributed by atoms with Gasteiger partial charge >= 0.3 is 0 Å². The third-order valence-corrected chi connectivity index (χ3v) is 10.3. The van der Waals surface area contributed by atoms with Gasteiger partial charge in [0.25, 0.3) is 0 Å². The van der Waals surface area contributed by atoms with Gasteiger partial charge in [-0.1, -0.05) is 176 Å². The normalized spacial score (nSPS) is 10.9. The number of benzene rings is 9. The van der Waals surface area contributed by atoms with E-state index in [1.807, 2.05) is 0 Å². The molecule has 0 radical (unpaired) electrons. The molecule has 9 rings (SSSR count). The molecule has 0 amide bonds. The maximum atomic E-state index is 3.71. The van der Waals surface area contributed by atoms with Gasteiger partial charge in [0.1, 0.15) is 0 Å². The molecule has 0 aliphatic rings. The molecule has 0 saturated heterocycles. The minimum absolute atomic E-state index is 1.05. The molecular formula is C54H40N2. The first-order valence-electron chi connectivity index (χ1n) is 19.1. The quantitative estimate of drug-likeness (QED) is 0.152. The average molecular weight is 717 g/mol. The molecule has 0 unspecified atom stereocenters. The second kappa shape index (κ2) is 15.9. The highest BCUT2D eigenvalue weighted by Crippen LogP contribution is 2.39. The first-order chi connectivity index (χ1) is 27.7. The summed E-state index contributed by atoms with van der Waals surface area (Å²) in [6, 6.07) is 84.2. The second-order valence-corrected chi connectivity index (χ2v) is 13.9. The van der Waals surface area contributed by atoms with E-state index in [0.717, 1.165) is 45.1 Å². The van der Waals surface area contributed by atoms with E-state index in [0.29, 0.717) is 0 Å². The molecule has 0 heterocycles. The number of rotatable bonds is 10. The van der Waals surface area contributed by atoms with Gasteiger partial charge in [-0.05, 0) is 111 Å². The summed E-state index contributed by atoms with van der Waals surface area (Å²) in [5, 5.41) is 3.71. The summed E-state index contributed by atoms with van der Waals surface area (Å²) in [7, 11) is 0. The Bertz CT molecular complexity index is 2550. The Morgan fingerprint density at radius 3 is 0.946 bits per heavy atom. The van der Waals surface area contributed by atoms with E-state index in [1.54, 1.807) is 0 Å². The van der Waals surface area contributed by atoms with Crippen LogP contribution in [0.1, 0.15) is 0 Å². The number of hydrogen-bond donors (Lipinski definition) is 1. The van der Waals surface area contributed by atoms with Gasteiger partial charge in [0, 0.05) is 34.0 Å². The second-order valence-electron chi connectivity index (χ2n) is 13.9. The highest BCUT2D eigenvalue weighted by molar-refractivity contribution is 5.87. The largest absolute Gasteiger partial charge is 0.355 e. The molecule has 1 N–H and O–H groups in total. The van der Waals surface area contributed by atoms with Gasteiger partial charge in [0.2, 0.25) is 0 Å². The van der Waals surface area contributed by atoms with Crippen molar-refractivity contribution in [1.82, 2.24) is 0 Å². The highest BCUT2D eigenvalue weighted by Gasteiger charge is 2.15. The van der Waals surface area contributed by atoms with E-state index < -0.39 is 0 Å². The number of nitrogens with zero attached hydrogens (tertiary/aromatic N) is 1. The highest BCUT2D eigenvalue weighted by atomic mass is 15.1. The van der Waals surface area contributed by atoms with E-state index in [2.05, 4.69) is 247 Å². The fourth-order valence-electron chi connectivity index (χ4n) is 7.34. The van der Waals surface area contributed by atoms with Crippen molar-refractivity contribution in [3.63, 3.8) is 0 Å². The van der Waals surface area contributed by atoms with Gasteiger partial charge in [0.15, 0.2) is 0 Å². The first kappa shape index (κ1) is 34.4. The van der Waals surface area contributed by atoms with Crippen molar-refractivity contribution >= 4 is 28.4 Å². The van der Waals surface area contributed by atoms with E-state index in [1.165, 1.54) is 38.9 Å². The molecule has 0 saturated carbocycles. The lowest BCUT2D eigenvalue weighted by atomic mass is 9.96. The van der Waals surface area contributed by atoms with Gasteiger partial charge in [-0.15, -0.1) is 0 Å². The van der Waals surface area contributed by atoms with Crippen LogP contribution in [0.2, 0.25) is 0 Å². The van der Waals surface area contributed by atoms with Crippen LogP contribution in [-0.4, -0.2) is 0 Å². The lowest BCUT2D eigenvalue weighted by Gasteiger charge is -2.26. The predicted octanol–water partition coefficient (Wildman–Crippen LogP) is 15.2. The smallest absolute Gasteiger partial charge is 0.0464 e. The molecule has 0 aromatic heterocycles. The minimum Gasteiger partial charge on any atom is -0.355 e. The molecule has 0 fully saturated rings. The lowest BCUT2D eigenvalue weighted by molar-refractivity contribution is 1.28. The predicted molar refractivity (Wildman–Crippen MR) is 238 cm³/mol. The summed E-state index contributed by atoms with van der Waals surface area (Å²) in [5.74, 6) is 0. The monoisotopic (exact) mass is 716 g/mol. The van der Waals surface area contributed by atoms with Gasteiger partial charge < -0.3 is 10.2 Å². The van der Waals surface area contributed by atoms with Crippen molar-refractivity contribution in [3.05, 3.63) is 237 Å². The lowest BCUT2D eigenvalue weighted by Crippen LogP contribution is -2.09. The SMILES string of the molecule is c1ccc(-c2ccc(Nc3ccc(-c4ccc(N(c5ccc(-c6ccccc6)cc5)c5ccc(-c6ccccc6)cc5)cc4)cc3-c3ccccc3)cc2)cc1. The molecule has 9 aromatic carbocycles. The zero-order valence-electron chi connectivity index (χ0n) is 31.0. The van der Waals surface area contributed by atoms with E-state index in [-0.39, 0.29) is 0 Å². The van der Waals surface area contributed by atoms with Crippen molar-refractivity contribution in [2.24, 2.45) is 0 Å². The molecule has 266 valence electrons. The minimum atomic E-state index is 1.05. The molecule has 0 atom stereocenters. The number of hydrogen-bond acceptors (Lipinski definition) is 2. The third-order valence-electron chi connectivity index (χ3n) is 10.3. The first-order valence-corrected chi connectivity index (χ1v) is 19.1. The molecule has 2 nitrogen and oxygen atoms in total. The van der Waals surface area contributed by atoms with Crippen molar-refractivity contribution in [1.29, 1.82) is 0 Å². The maximum absolute atomic E-state index is 3.71. The zero-order valence-corrected chi connectivity index (χ0v) is 31.0. The molecule has 0 bridgehead atoms. The summed E-state index contributed by atoms with van der Waals surface area (Å²) in [4.78, 5) is 2.33. The maximum Gasteiger partial charge on any atom is 0.0464 e. The molecule has 9 aromatic rings. The van der Waals surface area contributed by atoms with Crippen LogP contribution in [-0.2, 0) is 0 Å². The Hall–Kier alpha value is -7.42. The molecule has 0 aliphatic carbocycles. The summed E-state index contributed by atoms with van der Waals surface area (Å²) < 4.78 is 0. The summed E-state index contributed by atoms with van der Waals surface area (Å²) in [6.07, 6.45) is 0. The molecule has 56 heavy (non-hydrogen) atoms. The molecular weight excluding hydrogens is 677 g/mol. The Labute approximate surface area is 329 Å². The number of nitrogens with one attached hydrogen (secondary N) is 1. The van der Waals surface area contributed by atoms with Crippen LogP contribution in [0.15, 0.2) is 237 Å². The fraction of sp³-hybridized carbons (Fsp3) is 0. The summed E-state index contributed by atoms with van der Waals surface area (Å²) in [5.41, 5.74) is 17.3. The Morgan fingerprint density at radius 2 is 0.554 bits per heavy atom. The van der Waals surface area contributed by atoms with Crippen LogP contribution in [0.25, 0.3) is 55.6 Å². The Kier molecular flexibility index (Phi) is 9.75. The summed E-state index contributed by atoms with van der Waals surface area (Å²) >= 11 is 0. The van der Waals surface area contributed by atoms with E-state index in [4.69, 9.17) is 0 Å². The Morgan fingerprint density at radius 1 is 0.250 bits per heavy atom. The van der Waals surface area contributed by atoms with E-state index in [9.17, 15) is 0 Å². The molecule has 0 aliphatic heterocycles. The van der Waals surface area contributed by atoms with Crippen LogP contribution in [0.3, 0.4) is 0 Å². The Balaban J connectivity index is 1.04. The van der Waals surface area contributed by atoms with Crippen molar-refractivity contribution in [3.8, 4) is 55.6 Å². The molecule has 2 heteroatoms. The van der Waals surface area contributed by atoms with Gasteiger partial charge in [-0.2, -0.15) is 0 Å². The van der Waals surface area contributed by atoms with Crippen LogP contribution >= 0.6 is 0 Å². The van der Waals surface area contributed by atoms with Crippen LogP contribution < -0.4 is 10.2 Å². The van der Waals surface area contributed by atoms with Gasteiger partial charge in [-0.3, -0.25) is 0 Å². The van der Waals surface area contributed by atoms with Crippen molar-refractivity contribution in [2.75, 3.05) is 10.2 Å².